The van der Waals surface area contributed by atoms with Gasteiger partial charge in [-0.25, -0.2) is 0 Å². The number of aryl methyl sites for hydroxylation is 1. The summed E-state index contributed by atoms with van der Waals surface area (Å²) in [6, 6.07) is 6.10. The van der Waals surface area contributed by atoms with Crippen molar-refractivity contribution in [1.82, 2.24) is 10.2 Å². The second-order valence-electron chi connectivity index (χ2n) is 4.22. The first-order chi connectivity index (χ1) is 8.22. The van der Waals surface area contributed by atoms with Crippen molar-refractivity contribution in [2.45, 2.75) is 11.8 Å². The minimum Gasteiger partial charge on any atom is -0.336 e. The number of benzene rings is 1. The largest absolute Gasteiger partial charge is 0.336 e. The van der Waals surface area contributed by atoms with Gasteiger partial charge in [-0.2, -0.15) is 0 Å². The van der Waals surface area contributed by atoms with E-state index in [1.807, 2.05) is 30.2 Å². The molecule has 0 aromatic heterocycles. The maximum Gasteiger partial charge on any atom is 0.254 e. The minimum atomic E-state index is 0. The highest BCUT2D eigenvalue weighted by Crippen LogP contribution is 2.20. The highest BCUT2D eigenvalue weighted by atomic mass is 35.5. The lowest BCUT2D eigenvalue weighted by Gasteiger charge is -2.28. The van der Waals surface area contributed by atoms with Gasteiger partial charge >= 0.3 is 0 Å². The maximum absolute atomic E-state index is 12.4. The van der Waals surface area contributed by atoms with E-state index in [9.17, 15) is 4.79 Å². The van der Waals surface area contributed by atoms with Gasteiger partial charge in [-0.3, -0.25) is 4.79 Å². The fraction of sp³-hybridized carbons (Fsp3) is 0.462. The van der Waals surface area contributed by atoms with Crippen LogP contribution in [0.3, 0.4) is 0 Å². The van der Waals surface area contributed by atoms with Crippen LogP contribution in [-0.2, 0) is 0 Å². The molecule has 1 aliphatic heterocycles. The van der Waals surface area contributed by atoms with Crippen LogP contribution < -0.4 is 5.32 Å². The Hall–Kier alpha value is -0.710. The van der Waals surface area contributed by atoms with E-state index in [0.717, 1.165) is 42.2 Å². The molecule has 0 spiro atoms. The van der Waals surface area contributed by atoms with Gasteiger partial charge in [0.15, 0.2) is 0 Å². The number of thioether (sulfide) groups is 1. The predicted molar refractivity (Wildman–Crippen MR) is 79.0 cm³/mol. The second-order valence-corrected chi connectivity index (χ2v) is 5.10. The zero-order chi connectivity index (χ0) is 12.3. The molecule has 0 saturated carbocycles. The Balaban J connectivity index is 0.00000162. The molecule has 0 aliphatic carbocycles. The predicted octanol–water partition coefficient (Wildman–Crippen LogP) is 2.18. The molecule has 1 aromatic carbocycles. The van der Waals surface area contributed by atoms with Crippen LogP contribution in [0.5, 0.6) is 0 Å². The van der Waals surface area contributed by atoms with E-state index in [0.29, 0.717) is 0 Å². The van der Waals surface area contributed by atoms with Gasteiger partial charge in [0.25, 0.3) is 5.91 Å². The molecular formula is C13H19ClN2OS. The molecular weight excluding hydrogens is 268 g/mol. The summed E-state index contributed by atoms with van der Waals surface area (Å²) in [5, 5.41) is 3.26. The topological polar surface area (TPSA) is 32.3 Å². The molecule has 1 amide bonds. The van der Waals surface area contributed by atoms with Crippen LogP contribution in [0.4, 0.5) is 0 Å². The number of rotatable bonds is 2. The van der Waals surface area contributed by atoms with Crippen molar-refractivity contribution in [3.05, 3.63) is 29.3 Å². The summed E-state index contributed by atoms with van der Waals surface area (Å²) < 4.78 is 0. The van der Waals surface area contributed by atoms with E-state index in [4.69, 9.17) is 0 Å². The molecule has 0 atom stereocenters. The Morgan fingerprint density at radius 2 is 2.00 bits per heavy atom. The van der Waals surface area contributed by atoms with Crippen LogP contribution in [0.25, 0.3) is 0 Å². The lowest BCUT2D eigenvalue weighted by Crippen LogP contribution is -2.46. The first-order valence-electron chi connectivity index (χ1n) is 5.87. The van der Waals surface area contributed by atoms with Gasteiger partial charge in [-0.15, -0.1) is 24.2 Å². The Morgan fingerprint density at radius 1 is 1.33 bits per heavy atom. The summed E-state index contributed by atoms with van der Waals surface area (Å²) in [4.78, 5) is 15.5. The summed E-state index contributed by atoms with van der Waals surface area (Å²) in [5.74, 6) is 0.167. The van der Waals surface area contributed by atoms with E-state index < -0.39 is 0 Å². The normalized spacial score (nSPS) is 15.1. The quantitative estimate of drug-likeness (QED) is 0.846. The van der Waals surface area contributed by atoms with Gasteiger partial charge in [-0.1, -0.05) is 6.07 Å². The number of halogens is 1. The van der Waals surface area contributed by atoms with Gasteiger partial charge in [-0.05, 0) is 30.9 Å². The van der Waals surface area contributed by atoms with E-state index in [2.05, 4.69) is 11.4 Å². The molecule has 18 heavy (non-hydrogen) atoms. The summed E-state index contributed by atoms with van der Waals surface area (Å²) in [5.41, 5.74) is 1.91. The third kappa shape index (κ3) is 3.40. The first-order valence-corrected chi connectivity index (χ1v) is 7.09. The minimum absolute atomic E-state index is 0. The van der Waals surface area contributed by atoms with Gasteiger partial charge in [0.2, 0.25) is 0 Å². The SMILES string of the molecule is CSc1ccc(C)c(C(=O)N2CCNCC2)c1.Cl. The van der Waals surface area contributed by atoms with Crippen molar-refractivity contribution in [2.75, 3.05) is 32.4 Å². The van der Waals surface area contributed by atoms with Crippen molar-refractivity contribution in [3.63, 3.8) is 0 Å². The summed E-state index contributed by atoms with van der Waals surface area (Å²) in [6.45, 7) is 5.41. The van der Waals surface area contributed by atoms with E-state index in [1.54, 1.807) is 11.8 Å². The van der Waals surface area contributed by atoms with Crippen molar-refractivity contribution >= 4 is 30.1 Å². The van der Waals surface area contributed by atoms with Crippen LogP contribution in [0.15, 0.2) is 23.1 Å². The average molecular weight is 287 g/mol. The smallest absolute Gasteiger partial charge is 0.254 e. The van der Waals surface area contributed by atoms with Gasteiger partial charge in [0.1, 0.15) is 0 Å². The molecule has 1 N–H and O–H groups in total. The van der Waals surface area contributed by atoms with Gasteiger partial charge < -0.3 is 10.2 Å². The van der Waals surface area contributed by atoms with Crippen molar-refractivity contribution in [1.29, 1.82) is 0 Å². The number of piperazine rings is 1. The fourth-order valence-electron chi connectivity index (χ4n) is 2.00. The molecule has 3 nitrogen and oxygen atoms in total. The highest BCUT2D eigenvalue weighted by Gasteiger charge is 2.19. The molecule has 1 heterocycles. The zero-order valence-electron chi connectivity index (χ0n) is 10.7. The number of hydrogen-bond donors (Lipinski definition) is 1. The number of amides is 1. The van der Waals surface area contributed by atoms with E-state index in [1.165, 1.54) is 0 Å². The molecule has 5 heteroatoms. The Kier molecular flexibility index (Phi) is 5.99. The van der Waals surface area contributed by atoms with Gasteiger partial charge in [0, 0.05) is 36.6 Å². The number of hydrogen-bond acceptors (Lipinski definition) is 3. The van der Waals surface area contributed by atoms with Crippen LogP contribution in [0.1, 0.15) is 15.9 Å². The van der Waals surface area contributed by atoms with Gasteiger partial charge in [0.05, 0.1) is 0 Å². The van der Waals surface area contributed by atoms with E-state index in [-0.39, 0.29) is 18.3 Å². The highest BCUT2D eigenvalue weighted by molar-refractivity contribution is 7.98. The maximum atomic E-state index is 12.4. The molecule has 100 valence electrons. The lowest BCUT2D eigenvalue weighted by atomic mass is 10.1. The van der Waals surface area contributed by atoms with Crippen LogP contribution in [0, 0.1) is 6.92 Å². The molecule has 0 bridgehead atoms. The molecule has 1 aliphatic rings. The standard InChI is InChI=1S/C13H18N2OS.ClH/c1-10-3-4-11(17-2)9-12(10)13(16)15-7-5-14-6-8-15;/h3-4,9,14H,5-8H2,1-2H3;1H. The third-order valence-corrected chi connectivity index (χ3v) is 3.80. The van der Waals surface area contributed by atoms with Crippen LogP contribution >= 0.6 is 24.2 Å². The molecule has 0 radical (unpaired) electrons. The zero-order valence-corrected chi connectivity index (χ0v) is 12.4. The molecule has 1 aromatic rings. The first kappa shape index (κ1) is 15.3. The number of nitrogens with one attached hydrogen (secondary N) is 1. The van der Waals surface area contributed by atoms with Crippen LogP contribution in [-0.4, -0.2) is 43.2 Å². The lowest BCUT2D eigenvalue weighted by molar-refractivity contribution is 0.0735. The molecule has 0 unspecified atom stereocenters. The third-order valence-electron chi connectivity index (χ3n) is 3.08. The summed E-state index contributed by atoms with van der Waals surface area (Å²) in [6.07, 6.45) is 2.03. The average Bonchev–Trinajstić information content (AvgIpc) is 2.39. The fourth-order valence-corrected chi connectivity index (χ4v) is 2.44. The Labute approximate surface area is 119 Å². The second kappa shape index (κ2) is 7.02. The van der Waals surface area contributed by atoms with Crippen molar-refractivity contribution in [3.8, 4) is 0 Å². The monoisotopic (exact) mass is 286 g/mol. The number of nitrogens with zero attached hydrogens (tertiary/aromatic N) is 1. The number of carbonyl (C=O) groups is 1. The molecule has 1 saturated heterocycles. The number of carbonyl (C=O) groups excluding carboxylic acids is 1. The summed E-state index contributed by atoms with van der Waals surface area (Å²) >= 11 is 1.67. The molecule has 1 fully saturated rings. The summed E-state index contributed by atoms with van der Waals surface area (Å²) in [7, 11) is 0. The van der Waals surface area contributed by atoms with Crippen molar-refractivity contribution < 1.29 is 4.79 Å². The molecule has 2 rings (SSSR count). The Morgan fingerprint density at radius 3 is 2.61 bits per heavy atom. The van der Waals surface area contributed by atoms with Crippen molar-refractivity contribution in [2.24, 2.45) is 0 Å². The van der Waals surface area contributed by atoms with Crippen LogP contribution in [0.2, 0.25) is 0 Å². The van der Waals surface area contributed by atoms with E-state index >= 15 is 0 Å². The Bertz CT molecular complexity index is 419.